The van der Waals surface area contributed by atoms with Crippen molar-refractivity contribution >= 4 is 0 Å². The largest absolute Gasteiger partial charge is 0.391 e. The van der Waals surface area contributed by atoms with Gasteiger partial charge in [0.1, 0.15) is 0 Å². The Bertz CT molecular complexity index is 84.6. The first-order chi connectivity index (χ1) is 4.41. The van der Waals surface area contributed by atoms with E-state index in [-0.39, 0.29) is 0 Å². The van der Waals surface area contributed by atoms with Gasteiger partial charge in [-0.3, -0.25) is 0 Å². The van der Waals surface area contributed by atoms with Crippen LogP contribution in [0.3, 0.4) is 0 Å². The molecule has 0 aliphatic heterocycles. The Morgan fingerprint density at radius 2 is 2.33 bits per heavy atom. The Hall–Kier alpha value is -0.720. The van der Waals surface area contributed by atoms with E-state index in [1.165, 1.54) is 12.8 Å². The normalized spacial score (nSPS) is 9.89. The molecule has 52 valence electrons. The molecular weight excluding hydrogens is 110 g/mol. The van der Waals surface area contributed by atoms with Crippen molar-refractivity contribution in [1.29, 1.82) is 0 Å². The van der Waals surface area contributed by atoms with E-state index in [9.17, 15) is 0 Å². The number of rotatable bonds is 5. The van der Waals surface area contributed by atoms with Crippen LogP contribution in [0.4, 0.5) is 0 Å². The molecule has 0 radical (unpaired) electrons. The van der Waals surface area contributed by atoms with Gasteiger partial charge in [0.2, 0.25) is 0 Å². The molecule has 0 aliphatic rings. The first-order valence-electron chi connectivity index (χ1n) is 3.42. The molecule has 0 bridgehead atoms. The van der Waals surface area contributed by atoms with Gasteiger partial charge in [0.25, 0.3) is 0 Å². The highest BCUT2D eigenvalue weighted by atomic mass is 14.8. The predicted molar refractivity (Wildman–Crippen MR) is 42.2 cm³/mol. The number of hydrogen-bond acceptors (Lipinski definition) is 1. The van der Waals surface area contributed by atoms with Gasteiger partial charge in [0, 0.05) is 6.54 Å². The van der Waals surface area contributed by atoms with Crippen LogP contribution in [0.1, 0.15) is 19.8 Å². The molecule has 0 aromatic carbocycles. The molecule has 0 aromatic rings. The maximum Gasteiger partial charge on any atom is 0.0141 e. The Kier molecular flexibility index (Phi) is 6.70. The van der Waals surface area contributed by atoms with Crippen molar-refractivity contribution in [3.63, 3.8) is 0 Å². The van der Waals surface area contributed by atoms with Crippen LogP contribution in [-0.4, -0.2) is 6.54 Å². The minimum atomic E-state index is 1.07. The summed E-state index contributed by atoms with van der Waals surface area (Å²) in [5.74, 6) is 0. The fourth-order valence-electron chi connectivity index (χ4n) is 0.498. The van der Waals surface area contributed by atoms with Gasteiger partial charge in [-0.1, -0.05) is 26.0 Å². The third-order valence-corrected chi connectivity index (χ3v) is 1.02. The molecule has 0 fully saturated rings. The van der Waals surface area contributed by atoms with Crippen LogP contribution in [0.2, 0.25) is 0 Å². The molecule has 1 N–H and O–H groups in total. The number of nitrogens with one attached hydrogen (secondary N) is 1. The minimum Gasteiger partial charge on any atom is -0.391 e. The van der Waals surface area contributed by atoms with Crippen molar-refractivity contribution < 1.29 is 0 Å². The summed E-state index contributed by atoms with van der Waals surface area (Å²) in [6, 6.07) is 0. The molecule has 0 aromatic heterocycles. The van der Waals surface area contributed by atoms with Gasteiger partial charge in [-0.15, -0.1) is 0 Å². The van der Waals surface area contributed by atoms with Crippen molar-refractivity contribution in [3.8, 4) is 0 Å². The fourth-order valence-corrected chi connectivity index (χ4v) is 0.498. The Balaban J connectivity index is 2.90. The van der Waals surface area contributed by atoms with Gasteiger partial charge in [-0.25, -0.2) is 0 Å². The zero-order valence-corrected chi connectivity index (χ0v) is 6.06. The lowest BCUT2D eigenvalue weighted by Crippen LogP contribution is -2.05. The second-order valence-corrected chi connectivity index (χ2v) is 1.90. The molecule has 0 saturated heterocycles. The molecule has 0 amide bonds. The van der Waals surface area contributed by atoms with E-state index >= 15 is 0 Å². The van der Waals surface area contributed by atoms with E-state index in [1.807, 2.05) is 12.3 Å². The van der Waals surface area contributed by atoms with Crippen molar-refractivity contribution in [3.05, 3.63) is 24.9 Å². The van der Waals surface area contributed by atoms with Crippen molar-refractivity contribution in [2.24, 2.45) is 0 Å². The highest BCUT2D eigenvalue weighted by molar-refractivity contribution is 4.95. The third-order valence-electron chi connectivity index (χ3n) is 1.02. The average Bonchev–Trinajstić information content (AvgIpc) is 1.89. The summed E-state index contributed by atoms with van der Waals surface area (Å²) in [7, 11) is 0. The summed E-state index contributed by atoms with van der Waals surface area (Å²) in [5, 5.41) is 3.14. The molecule has 1 heteroatoms. The van der Waals surface area contributed by atoms with E-state index in [2.05, 4.69) is 18.8 Å². The van der Waals surface area contributed by atoms with E-state index < -0.39 is 0 Å². The maximum atomic E-state index is 3.55. The van der Waals surface area contributed by atoms with Gasteiger partial charge < -0.3 is 5.32 Å². The lowest BCUT2D eigenvalue weighted by atomic mass is 10.3. The molecule has 0 rings (SSSR count). The summed E-state index contributed by atoms with van der Waals surface area (Å²) in [6.07, 6.45) is 8.06. The second-order valence-electron chi connectivity index (χ2n) is 1.90. The summed E-state index contributed by atoms with van der Waals surface area (Å²) in [6.45, 7) is 6.80. The van der Waals surface area contributed by atoms with Crippen LogP contribution in [0, 0.1) is 0 Å². The Labute approximate surface area is 57.5 Å². The van der Waals surface area contributed by atoms with Gasteiger partial charge in [0.15, 0.2) is 0 Å². The Morgan fingerprint density at radius 1 is 1.56 bits per heavy atom. The summed E-state index contributed by atoms with van der Waals surface area (Å²) >= 11 is 0. The topological polar surface area (TPSA) is 12.0 Å². The van der Waals surface area contributed by atoms with Gasteiger partial charge in [0.05, 0.1) is 0 Å². The van der Waals surface area contributed by atoms with Crippen LogP contribution in [-0.2, 0) is 0 Å². The predicted octanol–water partition coefficient (Wildman–Crippen LogP) is 2.08. The molecule has 0 unspecified atom stereocenters. The number of hydrogen-bond donors (Lipinski definition) is 1. The molecule has 0 atom stereocenters. The van der Waals surface area contributed by atoms with Crippen LogP contribution in [0.5, 0.6) is 0 Å². The smallest absolute Gasteiger partial charge is 0.0141 e. The molecule has 0 spiro atoms. The van der Waals surface area contributed by atoms with Crippen molar-refractivity contribution in [2.75, 3.05) is 6.54 Å². The first-order valence-corrected chi connectivity index (χ1v) is 3.42. The summed E-state index contributed by atoms with van der Waals surface area (Å²) < 4.78 is 0. The maximum absolute atomic E-state index is 3.55. The van der Waals surface area contributed by atoms with Gasteiger partial charge in [-0.05, 0) is 18.7 Å². The van der Waals surface area contributed by atoms with Crippen LogP contribution in [0.25, 0.3) is 0 Å². The molecule has 0 saturated carbocycles. The van der Waals surface area contributed by atoms with Crippen LogP contribution >= 0.6 is 0 Å². The second kappa shape index (κ2) is 7.28. The van der Waals surface area contributed by atoms with E-state index in [0.717, 1.165) is 6.54 Å². The standard InChI is InChI=1S/C8H15N/c1-3-5-7-9-8-6-4-2/h3,5,7,9H,1,4,6,8H2,2H3/b7-5+. The zero-order chi connectivity index (χ0) is 6.95. The first kappa shape index (κ1) is 8.28. The lowest BCUT2D eigenvalue weighted by molar-refractivity contribution is 0.735. The quantitative estimate of drug-likeness (QED) is 0.438. The molecule has 1 nitrogen and oxygen atoms in total. The van der Waals surface area contributed by atoms with Crippen molar-refractivity contribution in [1.82, 2.24) is 5.32 Å². The third kappa shape index (κ3) is 7.28. The molecular formula is C8H15N. The zero-order valence-electron chi connectivity index (χ0n) is 6.06. The van der Waals surface area contributed by atoms with Crippen LogP contribution in [0.15, 0.2) is 24.9 Å². The highest BCUT2D eigenvalue weighted by Crippen LogP contribution is 1.81. The number of unbranched alkanes of at least 4 members (excludes halogenated alkanes) is 1. The molecule has 9 heavy (non-hydrogen) atoms. The molecule has 0 heterocycles. The monoisotopic (exact) mass is 125 g/mol. The minimum absolute atomic E-state index is 1.07. The summed E-state index contributed by atoms with van der Waals surface area (Å²) in [5.41, 5.74) is 0. The van der Waals surface area contributed by atoms with E-state index in [0.29, 0.717) is 0 Å². The SMILES string of the molecule is C=C/C=C/NCCCC. The fraction of sp³-hybridized carbons (Fsp3) is 0.500. The highest BCUT2D eigenvalue weighted by Gasteiger charge is 1.75. The van der Waals surface area contributed by atoms with Crippen LogP contribution < -0.4 is 5.32 Å². The van der Waals surface area contributed by atoms with Crippen molar-refractivity contribution in [2.45, 2.75) is 19.8 Å². The number of allylic oxidation sites excluding steroid dienone is 2. The Morgan fingerprint density at radius 3 is 2.89 bits per heavy atom. The summed E-state index contributed by atoms with van der Waals surface area (Å²) in [4.78, 5) is 0. The average molecular weight is 125 g/mol. The van der Waals surface area contributed by atoms with Gasteiger partial charge >= 0.3 is 0 Å². The van der Waals surface area contributed by atoms with E-state index in [4.69, 9.17) is 0 Å². The van der Waals surface area contributed by atoms with Gasteiger partial charge in [-0.2, -0.15) is 0 Å². The van der Waals surface area contributed by atoms with E-state index in [1.54, 1.807) is 6.08 Å². The molecule has 0 aliphatic carbocycles. The lowest BCUT2D eigenvalue weighted by Gasteiger charge is -1.94.